The lowest BCUT2D eigenvalue weighted by molar-refractivity contribution is -0.143. The van der Waals surface area contributed by atoms with Crippen LogP contribution in [0.3, 0.4) is 0 Å². The quantitative estimate of drug-likeness (QED) is 0.343. The van der Waals surface area contributed by atoms with E-state index in [4.69, 9.17) is 5.73 Å². The molecule has 3 amide bonds. The molecule has 0 spiro atoms. The Morgan fingerprint density at radius 1 is 1.05 bits per heavy atom. The van der Waals surface area contributed by atoms with Crippen LogP contribution in [0.2, 0.25) is 0 Å². The van der Waals surface area contributed by atoms with Crippen molar-refractivity contribution in [3.05, 3.63) is 10.6 Å². The standard InChI is InChI=1S/C30H47N5O4S/c1-16(2)23-17(3)15-35(25(23)28(38)33-22(26(36)27(31)37)14-20-10-9-11-20)29(39)24(21-12-7-6-8-13-21)34-30-32-18(4)19(5)40-30/h16-17,20-25H,6-15H2,1-5H3,(H2,31,37)(H,32,34)(H,33,38)/t17?,22?,23?,24-,25-/m0/s1. The van der Waals surface area contributed by atoms with Gasteiger partial charge in [-0.05, 0) is 62.7 Å². The first-order valence-electron chi connectivity index (χ1n) is 15.1. The van der Waals surface area contributed by atoms with Crippen LogP contribution in [-0.2, 0) is 19.2 Å². The molecule has 0 bridgehead atoms. The third-order valence-electron chi connectivity index (χ3n) is 9.53. The molecule has 1 aromatic heterocycles. The highest BCUT2D eigenvalue weighted by atomic mass is 32.1. The molecule has 10 heteroatoms. The zero-order valence-corrected chi connectivity index (χ0v) is 25.5. The predicted molar refractivity (Wildman–Crippen MR) is 157 cm³/mol. The van der Waals surface area contributed by atoms with E-state index in [0.717, 1.165) is 60.6 Å². The van der Waals surface area contributed by atoms with Crippen molar-refractivity contribution in [1.29, 1.82) is 0 Å². The summed E-state index contributed by atoms with van der Waals surface area (Å²) in [6, 6.07) is -2.15. The van der Waals surface area contributed by atoms with Crippen molar-refractivity contribution < 1.29 is 19.2 Å². The molecule has 4 N–H and O–H groups in total. The molecule has 1 aliphatic heterocycles. The number of primary amides is 1. The smallest absolute Gasteiger partial charge is 0.287 e. The Morgan fingerprint density at radius 2 is 1.73 bits per heavy atom. The van der Waals surface area contributed by atoms with Crippen LogP contribution in [0.1, 0.15) is 89.1 Å². The number of Topliss-reactive ketones (excluding diaryl/α,β-unsaturated/α-hetero) is 1. The lowest BCUT2D eigenvalue weighted by atomic mass is 9.79. The number of aryl methyl sites for hydroxylation is 2. The van der Waals surface area contributed by atoms with E-state index in [2.05, 4.69) is 36.4 Å². The summed E-state index contributed by atoms with van der Waals surface area (Å²) in [6.45, 7) is 10.7. The summed E-state index contributed by atoms with van der Waals surface area (Å²) in [5.74, 6) is -1.62. The van der Waals surface area contributed by atoms with E-state index in [9.17, 15) is 19.2 Å². The molecule has 9 nitrogen and oxygen atoms in total. The number of hydrogen-bond acceptors (Lipinski definition) is 7. The molecule has 222 valence electrons. The Hall–Kier alpha value is -2.49. The van der Waals surface area contributed by atoms with Crippen LogP contribution in [0.25, 0.3) is 0 Å². The second kappa shape index (κ2) is 13.0. The molecule has 4 rings (SSSR count). The molecule has 0 aromatic carbocycles. The van der Waals surface area contributed by atoms with Crippen LogP contribution in [0.5, 0.6) is 0 Å². The topological polar surface area (TPSA) is 134 Å². The number of thiazole rings is 1. The number of anilines is 1. The van der Waals surface area contributed by atoms with Gasteiger partial charge in [0.1, 0.15) is 12.1 Å². The van der Waals surface area contributed by atoms with E-state index in [-0.39, 0.29) is 35.5 Å². The Labute approximate surface area is 242 Å². The highest BCUT2D eigenvalue weighted by molar-refractivity contribution is 7.15. The third kappa shape index (κ3) is 6.69. The molecule has 2 heterocycles. The number of nitrogens with zero attached hydrogens (tertiary/aromatic N) is 2. The lowest BCUT2D eigenvalue weighted by Gasteiger charge is -2.36. The van der Waals surface area contributed by atoms with Gasteiger partial charge in [0.05, 0.1) is 11.7 Å². The zero-order chi connectivity index (χ0) is 29.1. The van der Waals surface area contributed by atoms with Crippen molar-refractivity contribution in [2.75, 3.05) is 11.9 Å². The summed E-state index contributed by atoms with van der Waals surface area (Å²) in [5.41, 5.74) is 6.31. The molecule has 3 fully saturated rings. The fourth-order valence-electron chi connectivity index (χ4n) is 7.05. The molecule has 0 radical (unpaired) electrons. The second-order valence-electron chi connectivity index (χ2n) is 12.7. The summed E-state index contributed by atoms with van der Waals surface area (Å²) in [4.78, 5) is 60.5. The minimum atomic E-state index is -1.03. The van der Waals surface area contributed by atoms with Gasteiger partial charge in [-0.2, -0.15) is 0 Å². The number of nitrogens with two attached hydrogens (primary N) is 1. The van der Waals surface area contributed by atoms with Crippen molar-refractivity contribution in [1.82, 2.24) is 15.2 Å². The van der Waals surface area contributed by atoms with E-state index in [0.29, 0.717) is 18.9 Å². The van der Waals surface area contributed by atoms with Gasteiger partial charge in [-0.25, -0.2) is 4.98 Å². The van der Waals surface area contributed by atoms with Gasteiger partial charge in [0.2, 0.25) is 17.6 Å². The minimum absolute atomic E-state index is 0.0756. The van der Waals surface area contributed by atoms with Crippen molar-refractivity contribution in [2.24, 2.45) is 35.3 Å². The number of carbonyl (C=O) groups is 4. The van der Waals surface area contributed by atoms with Crippen molar-refractivity contribution in [2.45, 2.75) is 111 Å². The normalized spacial score (nSPS) is 25.4. The maximum absolute atomic E-state index is 14.4. The Kier molecular flexibility index (Phi) is 9.90. The maximum atomic E-state index is 14.4. The Balaban J connectivity index is 1.62. The molecular weight excluding hydrogens is 526 g/mol. The lowest BCUT2D eigenvalue weighted by Crippen LogP contribution is -2.58. The Bertz CT molecular complexity index is 1070. The average Bonchev–Trinajstić information content (AvgIpc) is 3.41. The second-order valence-corrected chi connectivity index (χ2v) is 13.9. The molecule has 5 atom stereocenters. The fourth-order valence-corrected chi connectivity index (χ4v) is 7.90. The van der Waals surface area contributed by atoms with E-state index >= 15 is 0 Å². The number of likely N-dealkylation sites (tertiary alicyclic amines) is 1. The van der Waals surface area contributed by atoms with Gasteiger partial charge < -0.3 is 21.3 Å². The first kappa shape index (κ1) is 30.5. The molecule has 3 unspecified atom stereocenters. The zero-order valence-electron chi connectivity index (χ0n) is 24.7. The van der Waals surface area contributed by atoms with Crippen LogP contribution in [0.4, 0.5) is 5.13 Å². The van der Waals surface area contributed by atoms with E-state index < -0.39 is 29.8 Å². The molecule has 1 aromatic rings. The van der Waals surface area contributed by atoms with Crippen LogP contribution in [-0.4, -0.2) is 58.1 Å². The minimum Gasteiger partial charge on any atom is -0.363 e. The molecule has 3 aliphatic rings. The van der Waals surface area contributed by atoms with Gasteiger partial charge in [0.25, 0.3) is 5.91 Å². The van der Waals surface area contributed by atoms with Gasteiger partial charge in [-0.3, -0.25) is 19.2 Å². The maximum Gasteiger partial charge on any atom is 0.287 e. The van der Waals surface area contributed by atoms with Crippen LogP contribution in [0.15, 0.2) is 0 Å². The van der Waals surface area contributed by atoms with Gasteiger partial charge in [-0.1, -0.05) is 59.3 Å². The van der Waals surface area contributed by atoms with Crippen molar-refractivity contribution in [3.63, 3.8) is 0 Å². The number of carbonyl (C=O) groups excluding carboxylic acids is 4. The largest absolute Gasteiger partial charge is 0.363 e. The van der Waals surface area contributed by atoms with Gasteiger partial charge in [0.15, 0.2) is 5.13 Å². The number of aromatic nitrogens is 1. The summed E-state index contributed by atoms with van der Waals surface area (Å²) in [5, 5.41) is 7.12. The predicted octanol–water partition coefficient (Wildman–Crippen LogP) is 3.97. The number of rotatable bonds is 11. The fraction of sp³-hybridized carbons (Fsp3) is 0.767. The van der Waals surface area contributed by atoms with Crippen LogP contribution >= 0.6 is 11.3 Å². The van der Waals surface area contributed by atoms with E-state index in [1.165, 1.54) is 6.42 Å². The summed E-state index contributed by atoms with van der Waals surface area (Å²) in [6.07, 6.45) is 8.69. The molecule has 1 saturated heterocycles. The number of nitrogens with one attached hydrogen (secondary N) is 2. The molecular formula is C30H47N5O4S. The third-order valence-corrected chi connectivity index (χ3v) is 10.5. The monoisotopic (exact) mass is 573 g/mol. The van der Waals surface area contributed by atoms with Crippen LogP contribution in [0, 0.1) is 43.4 Å². The highest BCUT2D eigenvalue weighted by Gasteiger charge is 2.50. The molecule has 40 heavy (non-hydrogen) atoms. The van der Waals surface area contributed by atoms with Crippen molar-refractivity contribution in [3.8, 4) is 0 Å². The van der Waals surface area contributed by atoms with Gasteiger partial charge >= 0.3 is 0 Å². The van der Waals surface area contributed by atoms with Gasteiger partial charge in [0, 0.05) is 11.4 Å². The number of amides is 3. The summed E-state index contributed by atoms with van der Waals surface area (Å²) in [7, 11) is 0. The summed E-state index contributed by atoms with van der Waals surface area (Å²) >= 11 is 1.55. The highest BCUT2D eigenvalue weighted by Crippen LogP contribution is 2.39. The average molecular weight is 574 g/mol. The first-order chi connectivity index (χ1) is 19.0. The number of hydrogen-bond donors (Lipinski definition) is 3. The van der Waals surface area contributed by atoms with E-state index in [1.54, 1.807) is 16.2 Å². The molecule has 2 aliphatic carbocycles. The van der Waals surface area contributed by atoms with Gasteiger partial charge in [-0.15, -0.1) is 11.3 Å². The Morgan fingerprint density at radius 3 is 2.25 bits per heavy atom. The first-order valence-corrected chi connectivity index (χ1v) is 15.9. The van der Waals surface area contributed by atoms with Crippen molar-refractivity contribution >= 4 is 40.0 Å². The van der Waals surface area contributed by atoms with E-state index in [1.807, 2.05) is 13.8 Å². The number of ketones is 1. The summed E-state index contributed by atoms with van der Waals surface area (Å²) < 4.78 is 0. The molecule has 2 saturated carbocycles. The SMILES string of the molecule is Cc1nc(N[C@H](C(=O)N2CC(C)C(C(C)C)[C@H]2C(=O)NC(CC2CCC2)C(=O)C(N)=O)C2CCCCC2)sc1C. The van der Waals surface area contributed by atoms with Crippen LogP contribution < -0.4 is 16.4 Å².